The maximum Gasteiger partial charge on any atom is 0.251 e. The van der Waals surface area contributed by atoms with E-state index in [4.69, 9.17) is 0 Å². The van der Waals surface area contributed by atoms with Gasteiger partial charge in [0.1, 0.15) is 0 Å². The smallest absolute Gasteiger partial charge is 0.251 e. The van der Waals surface area contributed by atoms with Crippen molar-refractivity contribution in [3.8, 4) is 0 Å². The average Bonchev–Trinajstić information content (AvgIpc) is 2.35. The van der Waals surface area contributed by atoms with Crippen LogP contribution in [0.3, 0.4) is 0 Å². The van der Waals surface area contributed by atoms with Crippen molar-refractivity contribution in [1.82, 2.24) is 10.2 Å². The van der Waals surface area contributed by atoms with Crippen LogP contribution in [0.25, 0.3) is 0 Å². The van der Waals surface area contributed by atoms with Gasteiger partial charge in [-0.3, -0.25) is 4.79 Å². The molecule has 1 atom stereocenters. The van der Waals surface area contributed by atoms with Gasteiger partial charge in [0.25, 0.3) is 5.91 Å². The first kappa shape index (κ1) is 13.7. The molecule has 0 aliphatic carbocycles. The van der Waals surface area contributed by atoms with Crippen LogP contribution in [0.5, 0.6) is 0 Å². The fourth-order valence-corrected chi connectivity index (χ4v) is 1.42. The maximum atomic E-state index is 11.8. The van der Waals surface area contributed by atoms with Crippen molar-refractivity contribution in [1.29, 1.82) is 0 Å². The molecule has 1 N–H and O–H groups in total. The summed E-state index contributed by atoms with van der Waals surface area (Å²) >= 11 is 0. The van der Waals surface area contributed by atoms with E-state index in [1.165, 1.54) is 5.56 Å². The third-order valence-corrected chi connectivity index (χ3v) is 3.06. The molecule has 0 heterocycles. The molecule has 1 rings (SSSR count). The Bertz CT molecular complexity index is 357. The summed E-state index contributed by atoms with van der Waals surface area (Å²) in [6, 6.07) is 8.12. The number of hydrogen-bond acceptors (Lipinski definition) is 2. The molecule has 0 bridgehead atoms. The van der Waals surface area contributed by atoms with E-state index in [0.29, 0.717) is 12.6 Å². The lowest BCUT2D eigenvalue weighted by molar-refractivity contribution is 0.0943. The highest BCUT2D eigenvalue weighted by Crippen LogP contribution is 2.05. The molecule has 17 heavy (non-hydrogen) atoms. The van der Waals surface area contributed by atoms with Crippen molar-refractivity contribution in [3.05, 3.63) is 35.4 Å². The summed E-state index contributed by atoms with van der Waals surface area (Å²) in [5.74, 6) is 0.00125. The highest BCUT2D eigenvalue weighted by molar-refractivity contribution is 5.94. The van der Waals surface area contributed by atoms with Crippen molar-refractivity contribution in [2.45, 2.75) is 26.3 Å². The summed E-state index contributed by atoms with van der Waals surface area (Å²) in [6.07, 6.45) is 1.000. The van der Waals surface area contributed by atoms with Crippen LogP contribution in [0.4, 0.5) is 0 Å². The van der Waals surface area contributed by atoms with Crippen LogP contribution in [0, 0.1) is 0 Å². The number of likely N-dealkylation sites (N-methyl/N-ethyl adjacent to an activating group) is 1. The number of aryl methyl sites for hydroxylation is 1. The Balaban J connectivity index is 2.52. The molecule has 0 saturated heterocycles. The lowest BCUT2D eigenvalue weighted by Gasteiger charge is -2.19. The van der Waals surface area contributed by atoms with E-state index in [1.807, 2.05) is 38.4 Å². The van der Waals surface area contributed by atoms with Gasteiger partial charge in [0.05, 0.1) is 0 Å². The molecule has 0 radical (unpaired) electrons. The van der Waals surface area contributed by atoms with E-state index in [-0.39, 0.29) is 5.91 Å². The fourth-order valence-electron chi connectivity index (χ4n) is 1.42. The first-order chi connectivity index (χ1) is 8.04. The van der Waals surface area contributed by atoms with Crippen molar-refractivity contribution in [3.63, 3.8) is 0 Å². The van der Waals surface area contributed by atoms with Crippen LogP contribution in [-0.2, 0) is 6.42 Å². The molecule has 0 aromatic heterocycles. The van der Waals surface area contributed by atoms with Crippen LogP contribution in [0.15, 0.2) is 24.3 Å². The van der Waals surface area contributed by atoms with E-state index in [1.54, 1.807) is 0 Å². The summed E-state index contributed by atoms with van der Waals surface area (Å²) in [7, 11) is 4.01. The fraction of sp³-hybridized carbons (Fsp3) is 0.500. The van der Waals surface area contributed by atoms with E-state index < -0.39 is 0 Å². The zero-order valence-electron chi connectivity index (χ0n) is 11.2. The molecule has 1 aromatic carbocycles. The Labute approximate surface area is 104 Å². The normalized spacial score (nSPS) is 12.5. The number of rotatable bonds is 5. The molecule has 1 aromatic rings. The summed E-state index contributed by atoms with van der Waals surface area (Å²) < 4.78 is 0. The molecule has 94 valence electrons. The SMILES string of the molecule is CCc1ccc(C(=O)NC[C@@H](C)N(C)C)cc1. The predicted octanol–water partition coefficient (Wildman–Crippen LogP) is 1.93. The van der Waals surface area contributed by atoms with Gasteiger partial charge in [0.15, 0.2) is 0 Å². The lowest BCUT2D eigenvalue weighted by atomic mass is 10.1. The first-order valence-electron chi connectivity index (χ1n) is 6.08. The number of hydrogen-bond donors (Lipinski definition) is 1. The number of amides is 1. The second-order valence-electron chi connectivity index (χ2n) is 4.57. The summed E-state index contributed by atoms with van der Waals surface area (Å²) in [5.41, 5.74) is 1.98. The molecule has 0 spiro atoms. The maximum absolute atomic E-state index is 11.8. The number of carbonyl (C=O) groups excluding carboxylic acids is 1. The Kier molecular flexibility index (Phi) is 5.16. The molecular weight excluding hydrogens is 212 g/mol. The third-order valence-electron chi connectivity index (χ3n) is 3.06. The summed E-state index contributed by atoms with van der Waals surface area (Å²) in [6.45, 7) is 4.86. The van der Waals surface area contributed by atoms with Crippen molar-refractivity contribution in [2.24, 2.45) is 0 Å². The number of carbonyl (C=O) groups is 1. The summed E-state index contributed by atoms with van der Waals surface area (Å²) in [4.78, 5) is 13.9. The van der Waals surface area contributed by atoms with Crippen LogP contribution in [0.1, 0.15) is 29.8 Å². The van der Waals surface area contributed by atoms with Crippen LogP contribution in [-0.4, -0.2) is 37.5 Å². The van der Waals surface area contributed by atoms with Crippen molar-refractivity contribution >= 4 is 5.91 Å². The van der Waals surface area contributed by atoms with Crippen molar-refractivity contribution < 1.29 is 4.79 Å². The lowest BCUT2D eigenvalue weighted by Crippen LogP contribution is -2.38. The molecular formula is C14H22N2O. The standard InChI is InChI=1S/C14H22N2O/c1-5-12-6-8-13(9-7-12)14(17)15-10-11(2)16(3)4/h6-9,11H,5,10H2,1-4H3,(H,15,17)/t11-/m1/s1. The van der Waals surface area contributed by atoms with Gasteiger partial charge in [-0.15, -0.1) is 0 Å². The minimum absolute atomic E-state index is 0.00125. The Morgan fingerprint density at radius 2 is 1.88 bits per heavy atom. The molecule has 0 fully saturated rings. The highest BCUT2D eigenvalue weighted by Gasteiger charge is 2.08. The van der Waals surface area contributed by atoms with Crippen molar-refractivity contribution in [2.75, 3.05) is 20.6 Å². The largest absolute Gasteiger partial charge is 0.350 e. The number of benzene rings is 1. The second-order valence-corrected chi connectivity index (χ2v) is 4.57. The van der Waals surface area contributed by atoms with Gasteiger partial charge in [-0.2, -0.15) is 0 Å². The molecule has 0 aliphatic rings. The molecule has 1 amide bonds. The average molecular weight is 234 g/mol. The van der Waals surface area contributed by atoms with E-state index >= 15 is 0 Å². The van der Waals surface area contributed by atoms with Gasteiger partial charge in [0, 0.05) is 18.2 Å². The van der Waals surface area contributed by atoms with Gasteiger partial charge < -0.3 is 10.2 Å². The zero-order chi connectivity index (χ0) is 12.8. The number of nitrogens with zero attached hydrogens (tertiary/aromatic N) is 1. The van der Waals surface area contributed by atoms with E-state index in [0.717, 1.165) is 12.0 Å². The zero-order valence-corrected chi connectivity index (χ0v) is 11.2. The summed E-state index contributed by atoms with van der Waals surface area (Å²) in [5, 5.41) is 2.94. The van der Waals surface area contributed by atoms with Gasteiger partial charge in [-0.25, -0.2) is 0 Å². The Hall–Kier alpha value is -1.35. The van der Waals surface area contributed by atoms with Gasteiger partial charge >= 0.3 is 0 Å². The van der Waals surface area contributed by atoms with E-state index in [2.05, 4.69) is 24.1 Å². The van der Waals surface area contributed by atoms with Gasteiger partial charge in [-0.1, -0.05) is 19.1 Å². The molecule has 3 nitrogen and oxygen atoms in total. The van der Waals surface area contributed by atoms with Crippen LogP contribution in [0.2, 0.25) is 0 Å². The second kappa shape index (κ2) is 6.40. The molecule has 0 unspecified atom stereocenters. The quantitative estimate of drug-likeness (QED) is 0.844. The highest BCUT2D eigenvalue weighted by atomic mass is 16.1. The Morgan fingerprint density at radius 1 is 1.29 bits per heavy atom. The van der Waals surface area contributed by atoms with Crippen LogP contribution >= 0.6 is 0 Å². The Morgan fingerprint density at radius 3 is 2.35 bits per heavy atom. The monoisotopic (exact) mass is 234 g/mol. The third kappa shape index (κ3) is 4.19. The van der Waals surface area contributed by atoms with Crippen LogP contribution < -0.4 is 5.32 Å². The van der Waals surface area contributed by atoms with Gasteiger partial charge in [-0.05, 0) is 45.1 Å². The molecule has 3 heteroatoms. The van der Waals surface area contributed by atoms with Gasteiger partial charge in [0.2, 0.25) is 0 Å². The molecule has 0 saturated carbocycles. The predicted molar refractivity (Wildman–Crippen MR) is 71.3 cm³/mol. The topological polar surface area (TPSA) is 32.3 Å². The molecule has 0 aliphatic heterocycles. The minimum atomic E-state index is 0.00125. The van der Waals surface area contributed by atoms with E-state index in [9.17, 15) is 4.79 Å². The number of nitrogens with one attached hydrogen (secondary N) is 1. The first-order valence-corrected chi connectivity index (χ1v) is 6.08. The minimum Gasteiger partial charge on any atom is -0.350 e.